The number of halogens is 2. The van der Waals surface area contributed by atoms with Crippen molar-refractivity contribution in [3.63, 3.8) is 0 Å². The lowest BCUT2D eigenvalue weighted by atomic mass is 10.1. The Hall–Kier alpha value is -0.0600. The van der Waals surface area contributed by atoms with E-state index in [4.69, 9.17) is 4.74 Å². The van der Waals surface area contributed by atoms with Gasteiger partial charge in [0.1, 0.15) is 5.75 Å². The summed E-state index contributed by atoms with van der Waals surface area (Å²) in [6.07, 6.45) is 5.39. The van der Waals surface area contributed by atoms with Crippen LogP contribution in [0.15, 0.2) is 21.1 Å². The highest BCUT2D eigenvalue weighted by molar-refractivity contribution is 9.11. The molecular formula is C15H21Br2NO. The largest absolute Gasteiger partial charge is 0.494 e. The van der Waals surface area contributed by atoms with E-state index in [2.05, 4.69) is 56.2 Å². The van der Waals surface area contributed by atoms with Gasteiger partial charge in [-0.15, -0.1) is 0 Å². The van der Waals surface area contributed by atoms with E-state index in [1.807, 2.05) is 0 Å². The Bertz CT molecular complexity index is 409. The van der Waals surface area contributed by atoms with Crippen molar-refractivity contribution in [1.82, 2.24) is 5.32 Å². The lowest BCUT2D eigenvalue weighted by molar-refractivity contribution is 0.408. The third kappa shape index (κ3) is 4.47. The second-order valence-corrected chi connectivity index (χ2v) is 6.97. The Morgan fingerprint density at radius 3 is 2.42 bits per heavy atom. The maximum Gasteiger partial charge on any atom is 0.147 e. The molecule has 1 fully saturated rings. The summed E-state index contributed by atoms with van der Waals surface area (Å²) in [4.78, 5) is 0. The quantitative estimate of drug-likeness (QED) is 0.715. The standard InChI is InChI=1S/C15H21Br2NO/c1-3-12(6-10-4-5-10)18-9-11-7-13(16)15(19-2)14(17)8-11/h7-8,10,12,18H,3-6,9H2,1-2H3. The number of nitrogens with one attached hydrogen (secondary N) is 1. The Labute approximate surface area is 132 Å². The van der Waals surface area contributed by atoms with Gasteiger partial charge in [0.05, 0.1) is 16.1 Å². The van der Waals surface area contributed by atoms with E-state index in [0.717, 1.165) is 27.2 Å². The van der Waals surface area contributed by atoms with Gasteiger partial charge in [-0.05, 0) is 68.3 Å². The molecule has 1 saturated carbocycles. The molecule has 2 rings (SSSR count). The minimum absolute atomic E-state index is 0.646. The molecule has 0 bridgehead atoms. The minimum Gasteiger partial charge on any atom is -0.494 e. The summed E-state index contributed by atoms with van der Waals surface area (Å²) in [6.45, 7) is 3.17. The molecule has 0 spiro atoms. The van der Waals surface area contributed by atoms with Crippen LogP contribution in [0.2, 0.25) is 0 Å². The van der Waals surface area contributed by atoms with Crippen LogP contribution in [0.3, 0.4) is 0 Å². The number of methoxy groups -OCH3 is 1. The molecule has 1 unspecified atom stereocenters. The van der Waals surface area contributed by atoms with Crippen LogP contribution in [-0.2, 0) is 6.54 Å². The lowest BCUT2D eigenvalue weighted by Gasteiger charge is -2.17. The van der Waals surface area contributed by atoms with Crippen LogP contribution in [-0.4, -0.2) is 13.2 Å². The third-order valence-electron chi connectivity index (χ3n) is 3.66. The first-order chi connectivity index (χ1) is 9.13. The van der Waals surface area contributed by atoms with Crippen LogP contribution < -0.4 is 10.1 Å². The van der Waals surface area contributed by atoms with Crippen molar-refractivity contribution in [2.24, 2.45) is 5.92 Å². The van der Waals surface area contributed by atoms with Crippen LogP contribution in [0.4, 0.5) is 0 Å². The Kier molecular flexibility index (Phi) is 5.72. The van der Waals surface area contributed by atoms with Gasteiger partial charge in [0.15, 0.2) is 0 Å². The Morgan fingerprint density at radius 1 is 1.32 bits per heavy atom. The second-order valence-electron chi connectivity index (χ2n) is 5.26. The Morgan fingerprint density at radius 2 is 1.95 bits per heavy atom. The van der Waals surface area contributed by atoms with E-state index in [9.17, 15) is 0 Å². The maximum absolute atomic E-state index is 5.32. The molecule has 1 aliphatic rings. The number of hydrogen-bond donors (Lipinski definition) is 1. The van der Waals surface area contributed by atoms with E-state index >= 15 is 0 Å². The third-order valence-corrected chi connectivity index (χ3v) is 4.84. The summed E-state index contributed by atoms with van der Waals surface area (Å²) < 4.78 is 7.32. The molecule has 0 radical (unpaired) electrons. The fourth-order valence-corrected chi connectivity index (χ4v) is 3.93. The van der Waals surface area contributed by atoms with Crippen molar-refractivity contribution in [3.05, 3.63) is 26.6 Å². The molecule has 1 aromatic rings. The summed E-state index contributed by atoms with van der Waals surface area (Å²) in [7, 11) is 1.69. The average Bonchev–Trinajstić information content (AvgIpc) is 3.18. The van der Waals surface area contributed by atoms with Crippen molar-refractivity contribution in [2.45, 2.75) is 45.2 Å². The Balaban J connectivity index is 1.94. The van der Waals surface area contributed by atoms with Gasteiger partial charge in [-0.3, -0.25) is 0 Å². The zero-order valence-electron chi connectivity index (χ0n) is 11.5. The van der Waals surface area contributed by atoms with Gasteiger partial charge in [0, 0.05) is 12.6 Å². The van der Waals surface area contributed by atoms with E-state index in [1.165, 1.54) is 31.2 Å². The molecule has 1 aromatic carbocycles. The first-order valence-electron chi connectivity index (χ1n) is 6.89. The van der Waals surface area contributed by atoms with Gasteiger partial charge in [0.25, 0.3) is 0 Å². The fraction of sp³-hybridized carbons (Fsp3) is 0.600. The van der Waals surface area contributed by atoms with Crippen molar-refractivity contribution in [2.75, 3.05) is 7.11 Å². The number of benzene rings is 1. The molecule has 0 saturated heterocycles. The fourth-order valence-electron chi connectivity index (χ4n) is 2.32. The molecule has 1 N–H and O–H groups in total. The van der Waals surface area contributed by atoms with Crippen LogP contribution in [0.1, 0.15) is 38.2 Å². The normalized spacial score (nSPS) is 16.4. The van der Waals surface area contributed by atoms with E-state index in [0.29, 0.717) is 6.04 Å². The lowest BCUT2D eigenvalue weighted by Crippen LogP contribution is -2.28. The zero-order chi connectivity index (χ0) is 13.8. The molecule has 0 aromatic heterocycles. The minimum atomic E-state index is 0.646. The van der Waals surface area contributed by atoms with Crippen LogP contribution in [0.25, 0.3) is 0 Å². The summed E-state index contributed by atoms with van der Waals surface area (Å²) >= 11 is 7.10. The molecule has 0 aliphatic heterocycles. The molecule has 2 nitrogen and oxygen atoms in total. The maximum atomic E-state index is 5.32. The van der Waals surface area contributed by atoms with E-state index in [1.54, 1.807) is 7.11 Å². The molecule has 19 heavy (non-hydrogen) atoms. The second kappa shape index (κ2) is 7.09. The van der Waals surface area contributed by atoms with E-state index < -0.39 is 0 Å². The van der Waals surface area contributed by atoms with Gasteiger partial charge in [-0.1, -0.05) is 19.8 Å². The van der Waals surface area contributed by atoms with Gasteiger partial charge < -0.3 is 10.1 Å². The predicted molar refractivity (Wildman–Crippen MR) is 86.7 cm³/mol. The van der Waals surface area contributed by atoms with Crippen molar-refractivity contribution in [1.29, 1.82) is 0 Å². The summed E-state index contributed by atoms with van der Waals surface area (Å²) in [5.74, 6) is 1.83. The predicted octanol–water partition coefficient (Wildman–Crippen LogP) is 4.89. The topological polar surface area (TPSA) is 21.3 Å². The molecule has 0 heterocycles. The molecule has 1 aliphatic carbocycles. The van der Waals surface area contributed by atoms with E-state index in [-0.39, 0.29) is 0 Å². The SMILES string of the molecule is CCC(CC1CC1)NCc1cc(Br)c(OC)c(Br)c1. The van der Waals surface area contributed by atoms with Crippen molar-refractivity contribution >= 4 is 31.9 Å². The van der Waals surface area contributed by atoms with Crippen molar-refractivity contribution in [3.8, 4) is 5.75 Å². The molecule has 0 amide bonds. The number of rotatable bonds is 7. The highest BCUT2D eigenvalue weighted by atomic mass is 79.9. The van der Waals surface area contributed by atoms with Crippen LogP contribution >= 0.6 is 31.9 Å². The van der Waals surface area contributed by atoms with Crippen LogP contribution in [0, 0.1) is 5.92 Å². The summed E-state index contributed by atoms with van der Waals surface area (Å²) in [5, 5.41) is 3.67. The van der Waals surface area contributed by atoms with Gasteiger partial charge in [-0.25, -0.2) is 0 Å². The number of hydrogen-bond acceptors (Lipinski definition) is 2. The summed E-state index contributed by atoms with van der Waals surface area (Å²) in [5.41, 5.74) is 1.27. The molecule has 4 heteroatoms. The molecule has 1 atom stereocenters. The van der Waals surface area contributed by atoms with Crippen molar-refractivity contribution < 1.29 is 4.74 Å². The first-order valence-corrected chi connectivity index (χ1v) is 8.48. The number of ether oxygens (including phenoxy) is 1. The molecule has 106 valence electrons. The van der Waals surface area contributed by atoms with Gasteiger partial charge in [0.2, 0.25) is 0 Å². The van der Waals surface area contributed by atoms with Crippen LogP contribution in [0.5, 0.6) is 5.75 Å². The summed E-state index contributed by atoms with van der Waals surface area (Å²) in [6, 6.07) is 4.90. The van der Waals surface area contributed by atoms with Gasteiger partial charge in [-0.2, -0.15) is 0 Å². The zero-order valence-corrected chi connectivity index (χ0v) is 14.7. The molecular weight excluding hydrogens is 370 g/mol. The monoisotopic (exact) mass is 389 g/mol. The highest BCUT2D eigenvalue weighted by Gasteiger charge is 2.24. The smallest absolute Gasteiger partial charge is 0.147 e. The van der Waals surface area contributed by atoms with Gasteiger partial charge >= 0.3 is 0 Å². The first kappa shape index (κ1) is 15.3. The highest BCUT2D eigenvalue weighted by Crippen LogP contribution is 2.35. The average molecular weight is 391 g/mol.